The summed E-state index contributed by atoms with van der Waals surface area (Å²) in [5.41, 5.74) is -3.78. The van der Waals surface area contributed by atoms with Gasteiger partial charge in [0.1, 0.15) is 61.2 Å². The number of benzene rings is 1. The largest absolute Gasteiger partial charge is 0.508 e. The number of hydrogen-bond acceptors (Lipinski definition) is 16. The summed E-state index contributed by atoms with van der Waals surface area (Å²) in [5, 5.41) is 55.8. The summed E-state index contributed by atoms with van der Waals surface area (Å²) in [4.78, 5) is 29.2. The van der Waals surface area contributed by atoms with Crippen molar-refractivity contribution in [2.45, 2.75) is 192 Å². The number of likely N-dealkylation sites (N-methyl/N-ethyl adjacent to an activating group) is 1. The van der Waals surface area contributed by atoms with Crippen molar-refractivity contribution in [2.75, 3.05) is 33.4 Å². The summed E-state index contributed by atoms with van der Waals surface area (Å²) in [5.74, 6) is -1.31. The Hall–Kier alpha value is -2.52. The highest BCUT2D eigenvalue weighted by Gasteiger charge is 2.57. The van der Waals surface area contributed by atoms with Gasteiger partial charge < -0.3 is 73.1 Å². The van der Waals surface area contributed by atoms with Gasteiger partial charge in [-0.05, 0) is 99.3 Å². The molecule has 0 radical (unpaired) electrons. The third-order valence-corrected chi connectivity index (χ3v) is 11.8. The van der Waals surface area contributed by atoms with Gasteiger partial charge in [-0.2, -0.15) is 0 Å². The zero-order chi connectivity index (χ0) is 45.8. The fourth-order valence-electron chi connectivity index (χ4n) is 7.64. The van der Waals surface area contributed by atoms with Crippen molar-refractivity contribution in [2.24, 2.45) is 5.92 Å². The molecule has 350 valence electrons. The zero-order valence-corrected chi connectivity index (χ0v) is 38.2. The summed E-state index contributed by atoms with van der Waals surface area (Å²) in [6, 6.07) is 6.12. The van der Waals surface area contributed by atoms with Crippen LogP contribution >= 0.6 is 0 Å². The second kappa shape index (κ2) is 20.5. The number of phenols is 1. The van der Waals surface area contributed by atoms with E-state index in [9.17, 15) is 35.1 Å². The molecule has 1 aromatic rings. The molecule has 0 bridgehead atoms. The fraction of sp³-hybridized carbons (Fsp3) is 0.818. The summed E-state index contributed by atoms with van der Waals surface area (Å²) in [7, 11) is 1.57. The van der Waals surface area contributed by atoms with E-state index in [1.165, 1.54) is 17.0 Å². The van der Waals surface area contributed by atoms with Crippen LogP contribution < -0.4 is 0 Å². The first-order valence-corrected chi connectivity index (χ1v) is 21.3. The monoisotopic (exact) mass is 871 g/mol. The van der Waals surface area contributed by atoms with Crippen LogP contribution in [0, 0.1) is 5.92 Å². The molecule has 1 aromatic carbocycles. The lowest BCUT2D eigenvalue weighted by Crippen LogP contribution is -2.68. The van der Waals surface area contributed by atoms with Gasteiger partial charge in [0.15, 0.2) is 18.5 Å². The Morgan fingerprint density at radius 2 is 1.30 bits per heavy atom. The molecule has 0 spiro atoms. The van der Waals surface area contributed by atoms with Crippen molar-refractivity contribution in [3.05, 3.63) is 29.8 Å². The van der Waals surface area contributed by atoms with Gasteiger partial charge in [0.2, 0.25) is 0 Å². The second-order valence-electron chi connectivity index (χ2n) is 19.2. The molecule has 10 atom stereocenters. The summed E-state index contributed by atoms with van der Waals surface area (Å²) in [6.45, 7) is 22.1. The maximum atomic E-state index is 14.0. The van der Waals surface area contributed by atoms with Crippen LogP contribution in [0.5, 0.6) is 5.75 Å². The number of phenolic OH excluding ortho intramolecular Hbond substituents is 1. The number of nitrogens with zero attached hydrogens (tertiary/aromatic N) is 1. The normalized spacial score (nSPS) is 29.6. The van der Waals surface area contributed by atoms with E-state index in [2.05, 4.69) is 0 Å². The van der Waals surface area contributed by atoms with Crippen molar-refractivity contribution in [3.8, 4) is 5.75 Å². The van der Waals surface area contributed by atoms with E-state index in [1.54, 1.807) is 60.7 Å². The van der Waals surface area contributed by atoms with Gasteiger partial charge in [-0.3, -0.25) is 4.79 Å². The Balaban J connectivity index is 1.50. The molecule has 3 heterocycles. The molecule has 3 aliphatic rings. The van der Waals surface area contributed by atoms with E-state index < -0.39 is 102 Å². The number of hydrogen-bond donors (Lipinski definition) is 5. The molecular formula is C44H73NO16. The van der Waals surface area contributed by atoms with Crippen LogP contribution in [-0.2, 0) is 58.8 Å². The minimum absolute atomic E-state index is 0.0159. The average molecular weight is 872 g/mol. The number of amides is 1. The van der Waals surface area contributed by atoms with Gasteiger partial charge in [0.25, 0.3) is 5.91 Å². The number of aromatic hydroxyl groups is 1. The first kappa shape index (κ1) is 51.1. The van der Waals surface area contributed by atoms with Crippen molar-refractivity contribution < 1.29 is 77.8 Å². The average Bonchev–Trinajstić information content (AvgIpc) is 3.67. The topological polar surface area (TPSA) is 222 Å². The highest BCUT2D eigenvalue weighted by molar-refractivity contribution is 5.81. The van der Waals surface area contributed by atoms with Crippen LogP contribution in [0.25, 0.3) is 0 Å². The number of carbonyl (C=O) groups excluding carboxylic acids is 2. The molecule has 0 aliphatic carbocycles. The predicted molar refractivity (Wildman–Crippen MR) is 220 cm³/mol. The van der Waals surface area contributed by atoms with E-state index in [0.29, 0.717) is 18.8 Å². The van der Waals surface area contributed by atoms with Crippen LogP contribution in [0.1, 0.15) is 95.1 Å². The minimum atomic E-state index is -1.61. The molecule has 3 fully saturated rings. The first-order valence-electron chi connectivity index (χ1n) is 21.3. The highest BCUT2D eigenvalue weighted by Crippen LogP contribution is 2.38. The maximum Gasteiger partial charge on any atom is 0.338 e. The van der Waals surface area contributed by atoms with Crippen molar-refractivity contribution in [1.29, 1.82) is 0 Å². The Bertz CT molecular complexity index is 1560. The smallest absolute Gasteiger partial charge is 0.338 e. The fourth-order valence-corrected chi connectivity index (χ4v) is 7.64. The van der Waals surface area contributed by atoms with Crippen molar-refractivity contribution in [1.82, 2.24) is 4.90 Å². The third kappa shape index (κ3) is 13.0. The Labute approximate surface area is 360 Å². The van der Waals surface area contributed by atoms with Crippen LogP contribution in [0.4, 0.5) is 0 Å². The van der Waals surface area contributed by atoms with E-state index in [4.69, 9.17) is 42.6 Å². The van der Waals surface area contributed by atoms with Crippen molar-refractivity contribution in [3.63, 3.8) is 0 Å². The lowest BCUT2D eigenvalue weighted by Gasteiger charge is -2.50. The van der Waals surface area contributed by atoms with Crippen LogP contribution in [-0.4, -0.2) is 172 Å². The molecule has 3 aliphatic heterocycles. The van der Waals surface area contributed by atoms with Crippen LogP contribution in [0.3, 0.4) is 0 Å². The number of esters is 1. The molecule has 8 unspecified atom stereocenters. The third-order valence-electron chi connectivity index (χ3n) is 11.8. The highest BCUT2D eigenvalue weighted by atomic mass is 16.7. The lowest BCUT2D eigenvalue weighted by atomic mass is 9.85. The zero-order valence-electron chi connectivity index (χ0n) is 38.2. The Kier molecular flexibility index (Phi) is 17.2. The summed E-state index contributed by atoms with van der Waals surface area (Å²) in [6.07, 6.45) is -14.7. The van der Waals surface area contributed by atoms with Crippen LogP contribution in [0.2, 0.25) is 0 Å². The number of aliphatic hydroxyl groups is 4. The number of aliphatic hydroxyl groups excluding tert-OH is 4. The molecular weight excluding hydrogens is 798 g/mol. The second-order valence-corrected chi connectivity index (χ2v) is 19.2. The predicted octanol–water partition coefficient (Wildman–Crippen LogP) is 2.62. The van der Waals surface area contributed by atoms with E-state index >= 15 is 0 Å². The van der Waals surface area contributed by atoms with E-state index in [1.807, 2.05) is 41.5 Å². The molecule has 17 nitrogen and oxygen atoms in total. The molecule has 4 rings (SSSR count). The van der Waals surface area contributed by atoms with Crippen molar-refractivity contribution >= 4 is 11.9 Å². The molecule has 0 saturated carbocycles. The lowest BCUT2D eigenvalue weighted by molar-refractivity contribution is -0.295. The van der Waals surface area contributed by atoms with Gasteiger partial charge in [-0.25, -0.2) is 4.79 Å². The first-order chi connectivity index (χ1) is 28.2. The molecule has 17 heteroatoms. The van der Waals surface area contributed by atoms with Crippen LogP contribution in [0.15, 0.2) is 24.3 Å². The molecule has 61 heavy (non-hydrogen) atoms. The molecule has 3 saturated heterocycles. The number of ether oxygens (including phenoxy) is 9. The summed E-state index contributed by atoms with van der Waals surface area (Å²) >= 11 is 0. The minimum Gasteiger partial charge on any atom is -0.508 e. The Morgan fingerprint density at radius 1 is 0.770 bits per heavy atom. The van der Waals surface area contributed by atoms with Gasteiger partial charge >= 0.3 is 5.97 Å². The standard InChI is InChI=1S/C44H73NO16/c1-24(2)42(7,8)61-33-29(47)31(49)37(57-35(33)39(51)45(13)22-28-53-20-21-54-28)43(9,10)56-19-18-41(5,6)60-34-30(48)32(50)38(44(11,12)59-25(3)4)58-36(34)40(52)55-23-26-14-16-27(46)17-15-26/h14-17,24-25,28-38,46-50H,18-23H2,1-13H3/t29?,30?,31?,32?,33-,34-,35?,36?,37?,38?/m0/s1. The summed E-state index contributed by atoms with van der Waals surface area (Å²) < 4.78 is 54.5. The van der Waals surface area contributed by atoms with Gasteiger partial charge in [-0.1, -0.05) is 26.0 Å². The molecule has 1 amide bonds. The maximum absolute atomic E-state index is 14.0. The SMILES string of the molecule is CC(C)OC(C)(C)C1OC(C(=O)OCc2ccc(O)cc2)[C@@H](OC(C)(C)CCOC(C)(C)C2OC(C(=O)N(C)CC3OCCO3)[C@@H](OC(C)(C)C(C)C)C(O)C2O)C(O)C1O. The van der Waals surface area contributed by atoms with Gasteiger partial charge in [0, 0.05) is 7.05 Å². The van der Waals surface area contributed by atoms with Gasteiger partial charge in [-0.15, -0.1) is 0 Å². The van der Waals surface area contributed by atoms with E-state index in [-0.39, 0.29) is 44.0 Å². The van der Waals surface area contributed by atoms with Gasteiger partial charge in [0.05, 0.1) is 54.9 Å². The molecule has 0 aromatic heterocycles. The molecule has 5 N–H and O–H groups in total. The number of rotatable bonds is 19. The van der Waals surface area contributed by atoms with E-state index in [0.717, 1.165) is 0 Å². The Morgan fingerprint density at radius 3 is 1.84 bits per heavy atom. The number of carbonyl (C=O) groups is 2. The quantitative estimate of drug-likeness (QED) is 0.126.